The number of amides is 1. The number of rotatable bonds is 8. The maximum Gasteiger partial charge on any atom is 0.237 e. The van der Waals surface area contributed by atoms with Gasteiger partial charge in [-0.15, -0.1) is 0 Å². The molecule has 0 saturated heterocycles. The number of primary amides is 1. The first-order chi connectivity index (χ1) is 9.78. The molecule has 5 nitrogen and oxygen atoms in total. The minimum absolute atomic E-state index is 0.163. The van der Waals surface area contributed by atoms with Crippen LogP contribution in [0.4, 0.5) is 0 Å². The summed E-state index contributed by atoms with van der Waals surface area (Å²) in [4.78, 5) is 11.4. The van der Waals surface area contributed by atoms with Crippen molar-refractivity contribution in [2.24, 2.45) is 5.73 Å². The Hall–Kier alpha value is -1.59. The molecule has 1 rings (SSSR count). The number of ether oxygens (including phenoxy) is 1. The van der Waals surface area contributed by atoms with Gasteiger partial charge in [-0.05, 0) is 44.4 Å². The zero-order valence-corrected chi connectivity index (χ0v) is 13.3. The third kappa shape index (κ3) is 5.02. The van der Waals surface area contributed by atoms with Crippen LogP contribution in [0.15, 0.2) is 18.2 Å². The lowest BCUT2D eigenvalue weighted by Gasteiger charge is -2.27. The molecule has 0 aliphatic heterocycles. The van der Waals surface area contributed by atoms with E-state index in [9.17, 15) is 9.90 Å². The minimum Gasteiger partial charge on any atom is -0.491 e. The van der Waals surface area contributed by atoms with Crippen LogP contribution in [-0.4, -0.2) is 35.8 Å². The number of hydrogen-bond acceptors (Lipinski definition) is 4. The Kier molecular flexibility index (Phi) is 6.18. The van der Waals surface area contributed by atoms with Crippen LogP contribution in [0.2, 0.25) is 0 Å². The standard InChI is InChI=1S/C16H26N2O3/c1-5-16(4,15(17)20)18-9-13(19)10-21-14-8-11(2)6-7-12(14)3/h6-8,13,18-19H,5,9-10H2,1-4H3,(H2,17,20). The monoisotopic (exact) mass is 294 g/mol. The molecule has 0 spiro atoms. The average molecular weight is 294 g/mol. The molecule has 4 N–H and O–H groups in total. The number of aliphatic hydroxyl groups excluding tert-OH is 1. The van der Waals surface area contributed by atoms with Gasteiger partial charge in [-0.25, -0.2) is 0 Å². The SMILES string of the molecule is CCC(C)(NCC(O)COc1cc(C)ccc1C)C(N)=O. The van der Waals surface area contributed by atoms with Gasteiger partial charge in [0, 0.05) is 6.54 Å². The maximum atomic E-state index is 11.4. The number of benzene rings is 1. The largest absolute Gasteiger partial charge is 0.491 e. The second-order valence-corrected chi connectivity index (χ2v) is 5.66. The van der Waals surface area contributed by atoms with E-state index in [-0.39, 0.29) is 13.2 Å². The third-order valence-electron chi connectivity index (χ3n) is 3.75. The lowest BCUT2D eigenvalue weighted by Crippen LogP contribution is -2.55. The Balaban J connectivity index is 2.49. The number of nitrogens with one attached hydrogen (secondary N) is 1. The fourth-order valence-corrected chi connectivity index (χ4v) is 1.84. The van der Waals surface area contributed by atoms with Gasteiger partial charge in [0.15, 0.2) is 0 Å². The van der Waals surface area contributed by atoms with Gasteiger partial charge in [0.2, 0.25) is 5.91 Å². The number of nitrogens with two attached hydrogens (primary N) is 1. The van der Waals surface area contributed by atoms with Crippen LogP contribution in [0.1, 0.15) is 31.4 Å². The van der Waals surface area contributed by atoms with E-state index >= 15 is 0 Å². The first-order valence-electron chi connectivity index (χ1n) is 7.21. The molecule has 118 valence electrons. The summed E-state index contributed by atoms with van der Waals surface area (Å²) in [6.45, 7) is 7.96. The summed E-state index contributed by atoms with van der Waals surface area (Å²) >= 11 is 0. The average Bonchev–Trinajstić information content (AvgIpc) is 2.45. The Morgan fingerprint density at radius 3 is 2.71 bits per heavy atom. The highest BCUT2D eigenvalue weighted by Crippen LogP contribution is 2.19. The normalized spacial score (nSPS) is 15.3. The Labute approximate surface area is 126 Å². The van der Waals surface area contributed by atoms with Gasteiger partial charge in [-0.3, -0.25) is 4.79 Å². The number of aryl methyl sites for hydroxylation is 2. The molecule has 0 heterocycles. The molecular weight excluding hydrogens is 268 g/mol. The summed E-state index contributed by atoms with van der Waals surface area (Å²) < 4.78 is 5.63. The molecule has 21 heavy (non-hydrogen) atoms. The fraction of sp³-hybridized carbons (Fsp3) is 0.562. The van der Waals surface area contributed by atoms with Crippen LogP contribution in [0.3, 0.4) is 0 Å². The van der Waals surface area contributed by atoms with Crippen LogP contribution in [-0.2, 0) is 4.79 Å². The molecule has 2 atom stereocenters. The van der Waals surface area contributed by atoms with E-state index in [0.717, 1.165) is 16.9 Å². The molecule has 0 aliphatic carbocycles. The zero-order chi connectivity index (χ0) is 16.0. The van der Waals surface area contributed by atoms with Crippen molar-refractivity contribution in [1.29, 1.82) is 0 Å². The molecule has 1 amide bonds. The Morgan fingerprint density at radius 2 is 2.14 bits per heavy atom. The van der Waals surface area contributed by atoms with Crippen LogP contribution < -0.4 is 15.8 Å². The van der Waals surface area contributed by atoms with Gasteiger partial charge in [0.25, 0.3) is 0 Å². The Morgan fingerprint density at radius 1 is 1.48 bits per heavy atom. The number of carbonyl (C=O) groups excluding carboxylic acids is 1. The van der Waals surface area contributed by atoms with Crippen LogP contribution >= 0.6 is 0 Å². The first-order valence-corrected chi connectivity index (χ1v) is 7.21. The van der Waals surface area contributed by atoms with Gasteiger partial charge >= 0.3 is 0 Å². The van der Waals surface area contributed by atoms with Crippen molar-refractivity contribution < 1.29 is 14.6 Å². The van der Waals surface area contributed by atoms with Gasteiger partial charge in [-0.1, -0.05) is 19.1 Å². The smallest absolute Gasteiger partial charge is 0.237 e. The molecule has 1 aromatic rings. The summed E-state index contributed by atoms with van der Waals surface area (Å²) in [5, 5.41) is 13.0. The number of aliphatic hydroxyl groups is 1. The van der Waals surface area contributed by atoms with Crippen molar-refractivity contribution in [1.82, 2.24) is 5.32 Å². The second kappa shape index (κ2) is 7.43. The van der Waals surface area contributed by atoms with Crippen molar-refractivity contribution in [2.75, 3.05) is 13.2 Å². The summed E-state index contributed by atoms with van der Waals surface area (Å²) in [6.07, 6.45) is -0.150. The van der Waals surface area contributed by atoms with Crippen LogP contribution in [0, 0.1) is 13.8 Å². The molecule has 0 saturated carbocycles. The van der Waals surface area contributed by atoms with Crippen molar-refractivity contribution >= 4 is 5.91 Å². The molecule has 2 unspecified atom stereocenters. The fourth-order valence-electron chi connectivity index (χ4n) is 1.84. The van der Waals surface area contributed by atoms with Crippen LogP contribution in [0.25, 0.3) is 0 Å². The quantitative estimate of drug-likeness (QED) is 0.674. The molecule has 0 aromatic heterocycles. The summed E-state index contributed by atoms with van der Waals surface area (Å²) in [7, 11) is 0. The zero-order valence-electron chi connectivity index (χ0n) is 13.3. The summed E-state index contributed by atoms with van der Waals surface area (Å²) in [5.74, 6) is 0.342. The van der Waals surface area contributed by atoms with Crippen molar-refractivity contribution in [3.63, 3.8) is 0 Å². The first kappa shape index (κ1) is 17.5. The maximum absolute atomic E-state index is 11.4. The van der Waals surface area contributed by atoms with E-state index in [1.54, 1.807) is 6.92 Å². The molecular formula is C16H26N2O3. The van der Waals surface area contributed by atoms with Crippen molar-refractivity contribution in [3.8, 4) is 5.75 Å². The summed E-state index contributed by atoms with van der Waals surface area (Å²) in [5.41, 5.74) is 6.68. The van der Waals surface area contributed by atoms with Gasteiger partial charge in [0.1, 0.15) is 18.5 Å². The highest BCUT2D eigenvalue weighted by Gasteiger charge is 2.28. The van der Waals surface area contributed by atoms with Gasteiger partial charge in [-0.2, -0.15) is 0 Å². The van der Waals surface area contributed by atoms with E-state index < -0.39 is 17.6 Å². The van der Waals surface area contributed by atoms with Crippen LogP contribution in [0.5, 0.6) is 5.75 Å². The van der Waals surface area contributed by atoms with E-state index in [4.69, 9.17) is 10.5 Å². The highest BCUT2D eigenvalue weighted by atomic mass is 16.5. The van der Waals surface area contributed by atoms with Gasteiger partial charge < -0.3 is 20.9 Å². The van der Waals surface area contributed by atoms with Gasteiger partial charge in [0.05, 0.1) is 5.54 Å². The lowest BCUT2D eigenvalue weighted by molar-refractivity contribution is -0.124. The highest BCUT2D eigenvalue weighted by molar-refractivity contribution is 5.84. The third-order valence-corrected chi connectivity index (χ3v) is 3.75. The van der Waals surface area contributed by atoms with E-state index in [1.807, 2.05) is 39.0 Å². The molecule has 0 aliphatic rings. The number of hydrogen-bond donors (Lipinski definition) is 3. The predicted molar refractivity (Wildman–Crippen MR) is 83.3 cm³/mol. The predicted octanol–water partition coefficient (Wildman–Crippen LogP) is 1.29. The van der Waals surface area contributed by atoms with E-state index in [0.29, 0.717) is 6.42 Å². The minimum atomic E-state index is -0.805. The number of carbonyl (C=O) groups is 1. The van der Waals surface area contributed by atoms with Crippen molar-refractivity contribution in [2.45, 2.75) is 45.8 Å². The molecule has 0 bridgehead atoms. The number of β-amino-alcohol motifs (C(OH)–C–C–N with tert-alkyl or cyclic N) is 1. The molecule has 5 heteroatoms. The molecule has 1 aromatic carbocycles. The summed E-state index contributed by atoms with van der Waals surface area (Å²) in [6, 6.07) is 5.94. The van der Waals surface area contributed by atoms with E-state index in [1.165, 1.54) is 0 Å². The molecule has 0 fully saturated rings. The van der Waals surface area contributed by atoms with Crippen molar-refractivity contribution in [3.05, 3.63) is 29.3 Å². The second-order valence-electron chi connectivity index (χ2n) is 5.66. The lowest BCUT2D eigenvalue weighted by atomic mass is 9.98. The Bertz CT molecular complexity index is 490. The van der Waals surface area contributed by atoms with E-state index in [2.05, 4.69) is 5.32 Å². The molecule has 0 radical (unpaired) electrons. The topological polar surface area (TPSA) is 84.6 Å².